The Bertz CT molecular complexity index is 937. The van der Waals surface area contributed by atoms with Gasteiger partial charge in [-0.3, -0.25) is 9.48 Å². The summed E-state index contributed by atoms with van der Waals surface area (Å²) in [7, 11) is 1.86. The van der Waals surface area contributed by atoms with Crippen LogP contribution in [0.4, 0.5) is 0 Å². The maximum atomic E-state index is 13.1. The van der Waals surface area contributed by atoms with Crippen LogP contribution >= 0.6 is 22.9 Å². The van der Waals surface area contributed by atoms with Crippen molar-refractivity contribution in [1.29, 1.82) is 0 Å². The Morgan fingerprint density at radius 1 is 1.38 bits per heavy atom. The predicted molar refractivity (Wildman–Crippen MR) is 102 cm³/mol. The van der Waals surface area contributed by atoms with Gasteiger partial charge in [0, 0.05) is 43.5 Å². The number of nitrogens with one attached hydrogen (secondary N) is 1. The predicted octanol–water partition coefficient (Wildman–Crippen LogP) is 2.98. The minimum absolute atomic E-state index is 0.00381. The van der Waals surface area contributed by atoms with E-state index in [0.29, 0.717) is 23.0 Å². The molecule has 6 nitrogen and oxygen atoms in total. The van der Waals surface area contributed by atoms with Crippen molar-refractivity contribution >= 4 is 28.8 Å². The highest BCUT2D eigenvalue weighted by Gasteiger charge is 2.30. The third-order valence-electron chi connectivity index (χ3n) is 4.41. The number of thiazole rings is 1. The van der Waals surface area contributed by atoms with Crippen molar-refractivity contribution in [3.63, 3.8) is 0 Å². The topological polar surface area (TPSA) is 63.1 Å². The van der Waals surface area contributed by atoms with Crippen LogP contribution in [0.15, 0.2) is 42.9 Å². The van der Waals surface area contributed by atoms with E-state index in [0.717, 1.165) is 22.7 Å². The molecule has 1 N–H and O–H groups in total. The lowest BCUT2D eigenvalue weighted by Crippen LogP contribution is -2.48. The number of benzene rings is 1. The second-order valence-corrected chi connectivity index (χ2v) is 7.67. The van der Waals surface area contributed by atoms with Crippen LogP contribution in [0.25, 0.3) is 10.6 Å². The van der Waals surface area contributed by atoms with Crippen LogP contribution in [0.1, 0.15) is 21.3 Å². The summed E-state index contributed by atoms with van der Waals surface area (Å²) in [6.45, 7) is 2.13. The standard InChI is InChI=1S/C18H18ClN5OS/c1-23-11-13(8-22-23)17-21-10-16(26-17)18(25)24-6-5-20-9-15(24)12-3-2-4-14(19)7-12/h2-4,7-8,10-11,15,20H,5-6,9H2,1H3. The number of carbonyl (C=O) groups excluding carboxylic acids is 1. The number of rotatable bonds is 3. The van der Waals surface area contributed by atoms with Crippen LogP contribution in [-0.4, -0.2) is 45.2 Å². The fourth-order valence-corrected chi connectivity index (χ4v) is 4.18. The minimum atomic E-state index is -0.0427. The molecule has 134 valence electrons. The monoisotopic (exact) mass is 387 g/mol. The molecule has 1 amide bonds. The van der Waals surface area contributed by atoms with Crippen molar-refractivity contribution in [2.75, 3.05) is 19.6 Å². The summed E-state index contributed by atoms with van der Waals surface area (Å²) in [6, 6.07) is 7.66. The molecule has 8 heteroatoms. The average molecular weight is 388 g/mol. The van der Waals surface area contributed by atoms with E-state index >= 15 is 0 Å². The lowest BCUT2D eigenvalue weighted by Gasteiger charge is -2.36. The Morgan fingerprint density at radius 3 is 3.04 bits per heavy atom. The molecule has 2 aromatic heterocycles. The van der Waals surface area contributed by atoms with Gasteiger partial charge in [-0.2, -0.15) is 5.10 Å². The van der Waals surface area contributed by atoms with Crippen molar-refractivity contribution in [1.82, 2.24) is 25.0 Å². The van der Waals surface area contributed by atoms with Crippen LogP contribution in [0.5, 0.6) is 0 Å². The average Bonchev–Trinajstić information content (AvgIpc) is 3.30. The lowest BCUT2D eigenvalue weighted by atomic mass is 10.0. The van der Waals surface area contributed by atoms with E-state index in [4.69, 9.17) is 11.6 Å². The SMILES string of the molecule is Cn1cc(-c2ncc(C(=O)N3CCNCC3c3cccc(Cl)c3)s2)cn1. The first-order valence-electron chi connectivity index (χ1n) is 8.34. The zero-order valence-electron chi connectivity index (χ0n) is 14.2. The first-order valence-corrected chi connectivity index (χ1v) is 9.53. The van der Waals surface area contributed by atoms with Crippen LogP contribution in [0.2, 0.25) is 5.02 Å². The third-order valence-corrected chi connectivity index (χ3v) is 5.68. The molecule has 1 atom stereocenters. The van der Waals surface area contributed by atoms with E-state index in [1.54, 1.807) is 17.1 Å². The molecule has 0 bridgehead atoms. The van der Waals surface area contributed by atoms with E-state index in [1.807, 2.05) is 42.4 Å². The van der Waals surface area contributed by atoms with Crippen molar-refractivity contribution < 1.29 is 4.79 Å². The molecule has 26 heavy (non-hydrogen) atoms. The Labute approximate surface area is 160 Å². The first-order chi connectivity index (χ1) is 12.6. The van der Waals surface area contributed by atoms with E-state index in [2.05, 4.69) is 15.4 Å². The van der Waals surface area contributed by atoms with Crippen molar-refractivity contribution in [2.45, 2.75) is 6.04 Å². The highest BCUT2D eigenvalue weighted by Crippen LogP contribution is 2.30. The van der Waals surface area contributed by atoms with E-state index < -0.39 is 0 Å². The van der Waals surface area contributed by atoms with Crippen LogP contribution in [0.3, 0.4) is 0 Å². The normalized spacial score (nSPS) is 17.5. The highest BCUT2D eigenvalue weighted by molar-refractivity contribution is 7.16. The molecule has 0 saturated carbocycles. The molecule has 0 radical (unpaired) electrons. The van der Waals surface area contributed by atoms with Gasteiger partial charge in [-0.25, -0.2) is 4.98 Å². The summed E-state index contributed by atoms with van der Waals surface area (Å²) in [5, 5.41) is 9.01. The molecular weight excluding hydrogens is 370 g/mol. The van der Waals surface area contributed by atoms with Crippen LogP contribution < -0.4 is 5.32 Å². The molecule has 3 aromatic rings. The molecule has 0 aliphatic carbocycles. The number of nitrogens with zero attached hydrogens (tertiary/aromatic N) is 4. The number of hydrogen-bond acceptors (Lipinski definition) is 5. The number of carbonyl (C=O) groups is 1. The molecule has 3 heterocycles. The molecule has 1 aliphatic rings. The third kappa shape index (κ3) is 3.38. The van der Waals surface area contributed by atoms with E-state index in [1.165, 1.54) is 11.3 Å². The Balaban J connectivity index is 1.60. The quantitative estimate of drug-likeness (QED) is 0.750. The summed E-state index contributed by atoms with van der Waals surface area (Å²) in [5.41, 5.74) is 1.96. The van der Waals surface area contributed by atoms with Gasteiger partial charge in [0.1, 0.15) is 9.88 Å². The number of hydrogen-bond donors (Lipinski definition) is 1. The summed E-state index contributed by atoms with van der Waals surface area (Å²) in [4.78, 5) is 20.1. The zero-order valence-corrected chi connectivity index (χ0v) is 15.8. The van der Waals surface area contributed by atoms with Gasteiger partial charge >= 0.3 is 0 Å². The molecule has 1 fully saturated rings. The van der Waals surface area contributed by atoms with Crippen LogP contribution in [-0.2, 0) is 7.05 Å². The molecule has 1 aromatic carbocycles. The van der Waals surface area contributed by atoms with Gasteiger partial charge in [0.15, 0.2) is 0 Å². The summed E-state index contributed by atoms with van der Waals surface area (Å²) in [5.74, 6) is 0.00381. The van der Waals surface area contributed by atoms with Crippen molar-refractivity contribution in [3.8, 4) is 10.6 Å². The van der Waals surface area contributed by atoms with Gasteiger partial charge in [0.2, 0.25) is 0 Å². The van der Waals surface area contributed by atoms with Gasteiger partial charge in [-0.15, -0.1) is 11.3 Å². The smallest absolute Gasteiger partial charge is 0.266 e. The Morgan fingerprint density at radius 2 is 2.27 bits per heavy atom. The van der Waals surface area contributed by atoms with Crippen molar-refractivity contribution in [3.05, 3.63) is 58.3 Å². The largest absolute Gasteiger partial charge is 0.328 e. The fourth-order valence-electron chi connectivity index (χ4n) is 3.14. The highest BCUT2D eigenvalue weighted by atomic mass is 35.5. The second-order valence-electron chi connectivity index (χ2n) is 6.21. The number of aryl methyl sites for hydroxylation is 1. The Hall–Kier alpha value is -2.22. The van der Waals surface area contributed by atoms with E-state index in [-0.39, 0.29) is 11.9 Å². The summed E-state index contributed by atoms with van der Waals surface area (Å²) < 4.78 is 1.73. The van der Waals surface area contributed by atoms with E-state index in [9.17, 15) is 4.79 Å². The van der Waals surface area contributed by atoms with Crippen molar-refractivity contribution in [2.24, 2.45) is 7.05 Å². The maximum Gasteiger partial charge on any atom is 0.266 e. The minimum Gasteiger partial charge on any atom is -0.328 e. The maximum absolute atomic E-state index is 13.1. The number of piperazine rings is 1. The first kappa shape index (κ1) is 17.2. The van der Waals surface area contributed by atoms with Gasteiger partial charge in [0.25, 0.3) is 5.91 Å². The lowest BCUT2D eigenvalue weighted by molar-refractivity contribution is 0.0639. The number of aromatic nitrogens is 3. The number of halogens is 1. The number of amides is 1. The fraction of sp³-hybridized carbons (Fsp3) is 0.278. The molecule has 1 aliphatic heterocycles. The molecule has 4 rings (SSSR count). The molecule has 1 saturated heterocycles. The zero-order chi connectivity index (χ0) is 18.1. The van der Waals surface area contributed by atoms with Crippen LogP contribution in [0, 0.1) is 0 Å². The molecular formula is C18H18ClN5OS. The second kappa shape index (κ2) is 7.19. The summed E-state index contributed by atoms with van der Waals surface area (Å²) in [6.07, 6.45) is 5.31. The summed E-state index contributed by atoms with van der Waals surface area (Å²) >= 11 is 7.54. The molecule has 1 unspecified atom stereocenters. The van der Waals surface area contributed by atoms with Gasteiger partial charge in [-0.05, 0) is 17.7 Å². The van der Waals surface area contributed by atoms with Gasteiger partial charge in [0.05, 0.1) is 18.4 Å². The molecule has 0 spiro atoms. The Kier molecular flexibility index (Phi) is 4.76. The van der Waals surface area contributed by atoms with Gasteiger partial charge < -0.3 is 10.2 Å². The van der Waals surface area contributed by atoms with Gasteiger partial charge in [-0.1, -0.05) is 23.7 Å².